The van der Waals surface area contributed by atoms with Crippen molar-refractivity contribution in [1.82, 2.24) is 0 Å². The fourth-order valence-corrected chi connectivity index (χ4v) is 12.0. The third-order valence-corrected chi connectivity index (χ3v) is 16.5. The standard InChI is InChI=1S/C83H67N3/c1-61(2)62-33-41-69(42-34-62)82(70-43-35-63(36-44-70)66-49-55-79(56-50-66)84(73-21-9-3-10-22-73)74-23-11-4-12-24-74)83(71-45-37-64(38-46-71)67-51-57-80(58-52-67)85(75-25-13-5-14-26-75)76-27-15-6-16-28-76)72-47-39-65(40-48-72)68-53-59-81(60-54-68)86(77-29-17-7-18-30-77)78-31-19-8-20-32-78/h3-33,35-41,43-61H,34,42H2,1-2H3. The highest BCUT2D eigenvalue weighted by atomic mass is 15.2. The van der Waals surface area contributed by atoms with Crippen molar-refractivity contribution in [3.8, 4) is 33.4 Å². The van der Waals surface area contributed by atoms with Crippen LogP contribution in [0.15, 0.2) is 351 Å². The minimum atomic E-state index is 0.487. The van der Waals surface area contributed by atoms with E-state index in [2.05, 4.69) is 368 Å². The third kappa shape index (κ3) is 11.9. The Labute approximate surface area is 507 Å². The summed E-state index contributed by atoms with van der Waals surface area (Å²) in [6.45, 7) is 4.63. The van der Waals surface area contributed by atoms with Gasteiger partial charge in [0.15, 0.2) is 0 Å². The van der Waals surface area contributed by atoms with Gasteiger partial charge in [-0.1, -0.05) is 250 Å². The molecule has 0 fully saturated rings. The van der Waals surface area contributed by atoms with Crippen molar-refractivity contribution in [2.24, 2.45) is 5.92 Å². The van der Waals surface area contributed by atoms with Crippen LogP contribution in [0.1, 0.15) is 43.4 Å². The zero-order valence-corrected chi connectivity index (χ0v) is 48.7. The number of benzene rings is 12. The summed E-state index contributed by atoms with van der Waals surface area (Å²) in [6, 6.07) is 118. The molecule has 0 amide bonds. The van der Waals surface area contributed by atoms with Crippen LogP contribution in [0.2, 0.25) is 0 Å². The van der Waals surface area contributed by atoms with Gasteiger partial charge in [0, 0.05) is 51.2 Å². The summed E-state index contributed by atoms with van der Waals surface area (Å²) in [5.74, 6) is 0.487. The number of para-hydroxylation sites is 6. The van der Waals surface area contributed by atoms with E-state index in [1.165, 1.54) is 50.1 Å². The van der Waals surface area contributed by atoms with Gasteiger partial charge in [-0.25, -0.2) is 0 Å². The normalized spacial score (nSPS) is 12.0. The first-order valence-electron chi connectivity index (χ1n) is 30.0. The molecule has 0 aromatic heterocycles. The van der Waals surface area contributed by atoms with Crippen LogP contribution >= 0.6 is 0 Å². The first kappa shape index (κ1) is 54.5. The molecule has 0 N–H and O–H groups in total. The molecule has 86 heavy (non-hydrogen) atoms. The quantitative estimate of drug-likeness (QED) is 0.0842. The van der Waals surface area contributed by atoms with Gasteiger partial charge < -0.3 is 14.7 Å². The highest BCUT2D eigenvalue weighted by Gasteiger charge is 2.22. The zero-order chi connectivity index (χ0) is 58.0. The van der Waals surface area contributed by atoms with Crippen molar-refractivity contribution in [1.29, 1.82) is 0 Å². The van der Waals surface area contributed by atoms with Crippen molar-refractivity contribution >= 4 is 62.3 Å². The molecule has 13 rings (SSSR count). The lowest BCUT2D eigenvalue weighted by Gasteiger charge is -2.25. The molecular weight excluding hydrogens is 1040 g/mol. The van der Waals surface area contributed by atoms with E-state index in [0.717, 1.165) is 86.3 Å². The fourth-order valence-electron chi connectivity index (χ4n) is 12.0. The molecule has 0 atom stereocenters. The van der Waals surface area contributed by atoms with Gasteiger partial charge in [0.1, 0.15) is 0 Å². The van der Waals surface area contributed by atoms with Crippen LogP contribution in [0.5, 0.6) is 0 Å². The van der Waals surface area contributed by atoms with E-state index in [-0.39, 0.29) is 0 Å². The molecule has 0 spiro atoms. The number of rotatable bonds is 17. The summed E-state index contributed by atoms with van der Waals surface area (Å²) in [6.07, 6.45) is 6.76. The van der Waals surface area contributed by atoms with Crippen molar-refractivity contribution in [3.05, 3.63) is 368 Å². The minimum Gasteiger partial charge on any atom is -0.311 e. The Morgan fingerprint density at radius 1 is 0.233 bits per heavy atom. The van der Waals surface area contributed by atoms with Crippen LogP contribution in [0.3, 0.4) is 0 Å². The second kappa shape index (κ2) is 25.4. The van der Waals surface area contributed by atoms with Gasteiger partial charge in [-0.2, -0.15) is 0 Å². The lowest BCUT2D eigenvalue weighted by molar-refractivity contribution is 0.704. The van der Waals surface area contributed by atoms with E-state index in [1.807, 2.05) is 0 Å². The van der Waals surface area contributed by atoms with Crippen LogP contribution in [0, 0.1) is 5.92 Å². The van der Waals surface area contributed by atoms with Crippen molar-refractivity contribution in [2.45, 2.75) is 26.7 Å². The van der Waals surface area contributed by atoms with Crippen LogP contribution in [-0.2, 0) is 0 Å². The first-order chi connectivity index (χ1) is 42.5. The molecule has 0 saturated carbocycles. The lowest BCUT2D eigenvalue weighted by Crippen LogP contribution is -2.09. The molecular formula is C83H67N3. The highest BCUT2D eigenvalue weighted by molar-refractivity contribution is 6.05. The van der Waals surface area contributed by atoms with Gasteiger partial charge >= 0.3 is 0 Å². The smallest absolute Gasteiger partial charge is 0.0462 e. The SMILES string of the molecule is CC(C)C1=CC=C(C(=C(c2ccc(-c3ccc(N(c4ccccc4)c4ccccc4)cc3)cc2)c2ccc(-c3ccc(N(c4ccccc4)c4ccccc4)cc3)cc2)c2ccc(-c3ccc(N(c4ccccc4)c4ccccc4)cc3)cc2)CC1. The monoisotopic (exact) mass is 1110 g/mol. The van der Waals surface area contributed by atoms with Gasteiger partial charge in [0.05, 0.1) is 0 Å². The second-order valence-corrected chi connectivity index (χ2v) is 22.2. The van der Waals surface area contributed by atoms with E-state index in [4.69, 9.17) is 0 Å². The van der Waals surface area contributed by atoms with Crippen LogP contribution in [-0.4, -0.2) is 0 Å². The third-order valence-electron chi connectivity index (χ3n) is 16.5. The van der Waals surface area contributed by atoms with Gasteiger partial charge in [0.25, 0.3) is 0 Å². The van der Waals surface area contributed by atoms with Gasteiger partial charge in [-0.05, 0) is 195 Å². The molecule has 1 aliphatic rings. The van der Waals surface area contributed by atoms with Gasteiger partial charge in [-0.3, -0.25) is 0 Å². The van der Waals surface area contributed by atoms with E-state index >= 15 is 0 Å². The minimum absolute atomic E-state index is 0.487. The Bertz CT molecular complexity index is 3960. The predicted octanol–water partition coefficient (Wildman–Crippen LogP) is 23.4. The molecule has 3 heteroatoms. The van der Waals surface area contributed by atoms with E-state index in [0.29, 0.717) is 5.92 Å². The molecule has 414 valence electrons. The summed E-state index contributed by atoms with van der Waals surface area (Å²) in [5.41, 5.74) is 25.8. The molecule has 0 heterocycles. The zero-order valence-electron chi connectivity index (χ0n) is 48.7. The van der Waals surface area contributed by atoms with Gasteiger partial charge in [0.2, 0.25) is 0 Å². The highest BCUT2D eigenvalue weighted by Crippen LogP contribution is 2.44. The Hall–Kier alpha value is -10.7. The molecule has 0 unspecified atom stereocenters. The topological polar surface area (TPSA) is 9.72 Å². The molecule has 3 nitrogen and oxygen atoms in total. The van der Waals surface area contributed by atoms with Crippen molar-refractivity contribution in [2.75, 3.05) is 14.7 Å². The Balaban J connectivity index is 0.890. The van der Waals surface area contributed by atoms with Crippen LogP contribution < -0.4 is 14.7 Å². The molecule has 1 aliphatic carbocycles. The Morgan fingerprint density at radius 2 is 0.453 bits per heavy atom. The fraction of sp³-hybridized carbons (Fsp3) is 0.0602. The summed E-state index contributed by atoms with van der Waals surface area (Å²) >= 11 is 0. The van der Waals surface area contributed by atoms with Crippen molar-refractivity contribution < 1.29 is 0 Å². The molecule has 0 bridgehead atoms. The number of allylic oxidation sites excluding steroid dienone is 5. The second-order valence-electron chi connectivity index (χ2n) is 22.2. The van der Waals surface area contributed by atoms with E-state index in [1.54, 1.807) is 0 Å². The largest absolute Gasteiger partial charge is 0.311 e. The number of hydrogen-bond acceptors (Lipinski definition) is 3. The maximum atomic E-state index is 2.40. The average molecular weight is 1110 g/mol. The number of nitrogens with zero attached hydrogens (tertiary/aromatic N) is 3. The molecule has 12 aromatic rings. The molecule has 0 saturated heterocycles. The van der Waals surface area contributed by atoms with Gasteiger partial charge in [-0.15, -0.1) is 0 Å². The molecule has 12 aromatic carbocycles. The first-order valence-corrected chi connectivity index (χ1v) is 30.0. The number of anilines is 9. The number of hydrogen-bond donors (Lipinski definition) is 0. The predicted molar refractivity (Wildman–Crippen MR) is 366 cm³/mol. The summed E-state index contributed by atoms with van der Waals surface area (Å²) in [5, 5.41) is 0. The maximum absolute atomic E-state index is 2.40. The summed E-state index contributed by atoms with van der Waals surface area (Å²) < 4.78 is 0. The van der Waals surface area contributed by atoms with Crippen LogP contribution in [0.25, 0.3) is 44.5 Å². The average Bonchev–Trinajstić information content (AvgIpc) is 2.85. The molecule has 0 radical (unpaired) electrons. The molecule has 0 aliphatic heterocycles. The summed E-state index contributed by atoms with van der Waals surface area (Å²) in [7, 11) is 0. The Kier molecular flexibility index (Phi) is 16.1. The van der Waals surface area contributed by atoms with Crippen molar-refractivity contribution in [3.63, 3.8) is 0 Å². The Morgan fingerprint density at radius 3 is 0.674 bits per heavy atom. The van der Waals surface area contributed by atoms with E-state index in [9.17, 15) is 0 Å². The maximum Gasteiger partial charge on any atom is 0.0462 e. The summed E-state index contributed by atoms with van der Waals surface area (Å²) in [4.78, 5) is 6.93. The lowest BCUT2D eigenvalue weighted by atomic mass is 9.80. The van der Waals surface area contributed by atoms with Crippen LogP contribution in [0.4, 0.5) is 51.2 Å². The van der Waals surface area contributed by atoms with E-state index < -0.39 is 0 Å².